The minimum Gasteiger partial charge on any atom is -0.274 e. The maximum atomic E-state index is 13.8. The van der Waals surface area contributed by atoms with Crippen LogP contribution in [-0.2, 0) is 9.59 Å². The van der Waals surface area contributed by atoms with Gasteiger partial charge in [-0.25, -0.2) is 13.7 Å². The summed E-state index contributed by atoms with van der Waals surface area (Å²) in [6.07, 6.45) is -0.0387. The molecule has 118 valence electrons. The molecule has 0 N–H and O–H groups in total. The summed E-state index contributed by atoms with van der Waals surface area (Å²) >= 11 is 7.01. The average molecular weight is 354 g/mol. The van der Waals surface area contributed by atoms with Gasteiger partial charge in [0.2, 0.25) is 11.8 Å². The SMILES string of the molecule is O=C1CC(Sc2ccc(Cl)cc2)C(=O)N1c1ccc(F)cc1F. The quantitative estimate of drug-likeness (QED) is 0.781. The highest BCUT2D eigenvalue weighted by Gasteiger charge is 2.41. The molecule has 2 amide bonds. The van der Waals surface area contributed by atoms with Gasteiger partial charge in [-0.1, -0.05) is 11.6 Å². The second-order valence-electron chi connectivity index (χ2n) is 4.93. The number of hydrogen-bond donors (Lipinski definition) is 0. The molecule has 1 heterocycles. The number of nitrogens with zero attached hydrogens (tertiary/aromatic N) is 1. The third-order valence-electron chi connectivity index (χ3n) is 3.35. The topological polar surface area (TPSA) is 37.4 Å². The first-order valence-corrected chi connectivity index (χ1v) is 7.95. The molecule has 1 saturated heterocycles. The third-order valence-corrected chi connectivity index (χ3v) is 4.80. The van der Waals surface area contributed by atoms with E-state index in [9.17, 15) is 18.4 Å². The van der Waals surface area contributed by atoms with Crippen LogP contribution in [0.5, 0.6) is 0 Å². The molecule has 0 bridgehead atoms. The number of carbonyl (C=O) groups is 2. The van der Waals surface area contributed by atoms with Crippen LogP contribution in [0.2, 0.25) is 5.02 Å². The van der Waals surface area contributed by atoms with E-state index in [1.165, 1.54) is 11.8 Å². The minimum atomic E-state index is -0.941. The number of rotatable bonds is 3. The van der Waals surface area contributed by atoms with Crippen molar-refractivity contribution in [3.8, 4) is 0 Å². The van der Waals surface area contributed by atoms with E-state index < -0.39 is 28.7 Å². The minimum absolute atomic E-state index is 0.0387. The zero-order chi connectivity index (χ0) is 16.6. The van der Waals surface area contributed by atoms with Crippen LogP contribution >= 0.6 is 23.4 Å². The predicted octanol–water partition coefficient (Wildman–Crippen LogP) is 4.04. The molecule has 23 heavy (non-hydrogen) atoms. The largest absolute Gasteiger partial charge is 0.274 e. The van der Waals surface area contributed by atoms with Crippen molar-refractivity contribution < 1.29 is 18.4 Å². The van der Waals surface area contributed by atoms with Crippen LogP contribution in [0.4, 0.5) is 14.5 Å². The lowest BCUT2D eigenvalue weighted by Crippen LogP contribution is -2.31. The Balaban J connectivity index is 1.83. The Bertz CT molecular complexity index is 782. The first kappa shape index (κ1) is 16.0. The van der Waals surface area contributed by atoms with Gasteiger partial charge in [0.1, 0.15) is 11.6 Å². The fourth-order valence-electron chi connectivity index (χ4n) is 2.29. The number of anilines is 1. The monoisotopic (exact) mass is 353 g/mol. The second kappa shape index (κ2) is 6.29. The summed E-state index contributed by atoms with van der Waals surface area (Å²) in [7, 11) is 0. The second-order valence-corrected chi connectivity index (χ2v) is 6.64. The van der Waals surface area contributed by atoms with E-state index in [-0.39, 0.29) is 12.1 Å². The van der Waals surface area contributed by atoms with Gasteiger partial charge >= 0.3 is 0 Å². The van der Waals surface area contributed by atoms with Gasteiger partial charge in [0.05, 0.1) is 10.9 Å². The van der Waals surface area contributed by atoms with Gasteiger partial charge in [-0.15, -0.1) is 11.8 Å². The molecule has 0 spiro atoms. The molecule has 1 aliphatic heterocycles. The molecule has 1 unspecified atom stereocenters. The van der Waals surface area contributed by atoms with Crippen LogP contribution in [0.15, 0.2) is 47.4 Å². The van der Waals surface area contributed by atoms with E-state index in [1.807, 2.05) is 0 Å². The average Bonchev–Trinajstić information content (AvgIpc) is 2.77. The first-order valence-electron chi connectivity index (χ1n) is 6.70. The van der Waals surface area contributed by atoms with E-state index in [4.69, 9.17) is 11.6 Å². The zero-order valence-corrected chi connectivity index (χ0v) is 13.2. The van der Waals surface area contributed by atoms with Gasteiger partial charge in [-0.3, -0.25) is 9.59 Å². The Labute approximate surface area is 140 Å². The van der Waals surface area contributed by atoms with Crippen molar-refractivity contribution in [3.63, 3.8) is 0 Å². The lowest BCUT2D eigenvalue weighted by molar-refractivity contribution is -0.121. The molecular formula is C16H10ClF2NO2S. The maximum Gasteiger partial charge on any atom is 0.247 e. The van der Waals surface area contributed by atoms with Gasteiger partial charge in [0.15, 0.2) is 0 Å². The predicted molar refractivity (Wildman–Crippen MR) is 84.6 cm³/mol. The first-order chi connectivity index (χ1) is 11.0. The van der Waals surface area contributed by atoms with E-state index in [2.05, 4.69) is 0 Å². The summed E-state index contributed by atoms with van der Waals surface area (Å²) in [4.78, 5) is 26.1. The number of thioether (sulfide) groups is 1. The van der Waals surface area contributed by atoms with Crippen LogP contribution in [0, 0.1) is 11.6 Å². The Kier molecular flexibility index (Phi) is 4.37. The molecule has 3 rings (SSSR count). The van der Waals surface area contributed by atoms with Crippen LogP contribution in [0.3, 0.4) is 0 Å². The molecule has 3 nitrogen and oxygen atoms in total. The highest BCUT2D eigenvalue weighted by molar-refractivity contribution is 8.00. The molecule has 1 atom stereocenters. The Hall–Kier alpha value is -1.92. The van der Waals surface area contributed by atoms with E-state index >= 15 is 0 Å². The van der Waals surface area contributed by atoms with Crippen molar-refractivity contribution in [2.75, 3.05) is 4.90 Å². The van der Waals surface area contributed by atoms with Crippen molar-refractivity contribution >= 4 is 40.9 Å². The molecule has 1 aliphatic rings. The summed E-state index contributed by atoms with van der Waals surface area (Å²) in [5.41, 5.74) is -0.222. The highest BCUT2D eigenvalue weighted by atomic mass is 35.5. The summed E-state index contributed by atoms with van der Waals surface area (Å²) in [5.74, 6) is -2.73. The van der Waals surface area contributed by atoms with Crippen LogP contribution in [-0.4, -0.2) is 17.1 Å². The van der Waals surface area contributed by atoms with E-state index in [1.54, 1.807) is 24.3 Å². The van der Waals surface area contributed by atoms with E-state index in [0.717, 1.165) is 21.9 Å². The Morgan fingerprint density at radius 2 is 1.78 bits per heavy atom. The number of halogens is 3. The van der Waals surface area contributed by atoms with Crippen molar-refractivity contribution in [3.05, 3.63) is 59.1 Å². The Morgan fingerprint density at radius 1 is 1.09 bits per heavy atom. The van der Waals surface area contributed by atoms with Crippen LogP contribution in [0.25, 0.3) is 0 Å². The smallest absolute Gasteiger partial charge is 0.247 e. The molecule has 0 saturated carbocycles. The number of imide groups is 1. The molecular weight excluding hydrogens is 344 g/mol. The summed E-state index contributed by atoms with van der Waals surface area (Å²) in [6.45, 7) is 0. The molecule has 0 radical (unpaired) electrons. The lowest BCUT2D eigenvalue weighted by atomic mass is 10.2. The van der Waals surface area contributed by atoms with Gasteiger partial charge in [-0.2, -0.15) is 0 Å². The Morgan fingerprint density at radius 3 is 2.43 bits per heavy atom. The standard InChI is InChI=1S/C16H10ClF2NO2S/c17-9-1-4-11(5-2-9)23-14-8-15(21)20(16(14)22)13-6-3-10(18)7-12(13)19/h1-7,14H,8H2. The zero-order valence-electron chi connectivity index (χ0n) is 11.6. The van der Waals surface area contributed by atoms with Gasteiger partial charge in [0.25, 0.3) is 0 Å². The summed E-state index contributed by atoms with van der Waals surface area (Å²) in [5, 5.41) is -0.0775. The van der Waals surface area contributed by atoms with Gasteiger partial charge in [-0.05, 0) is 36.4 Å². The normalized spacial score (nSPS) is 17.9. The number of hydrogen-bond acceptors (Lipinski definition) is 3. The number of carbonyl (C=O) groups excluding carboxylic acids is 2. The summed E-state index contributed by atoms with van der Waals surface area (Å²) in [6, 6.07) is 9.60. The van der Waals surface area contributed by atoms with Crippen LogP contribution in [0.1, 0.15) is 6.42 Å². The van der Waals surface area contributed by atoms with Crippen LogP contribution < -0.4 is 4.90 Å². The summed E-state index contributed by atoms with van der Waals surface area (Å²) < 4.78 is 26.8. The molecule has 1 fully saturated rings. The fraction of sp³-hybridized carbons (Fsp3) is 0.125. The molecule has 0 aromatic heterocycles. The maximum absolute atomic E-state index is 13.8. The highest BCUT2D eigenvalue weighted by Crippen LogP contribution is 2.35. The fourth-order valence-corrected chi connectivity index (χ4v) is 3.47. The molecule has 2 aromatic carbocycles. The van der Waals surface area contributed by atoms with Crippen molar-refractivity contribution in [1.29, 1.82) is 0 Å². The molecule has 2 aromatic rings. The van der Waals surface area contributed by atoms with E-state index in [0.29, 0.717) is 11.1 Å². The number of benzene rings is 2. The van der Waals surface area contributed by atoms with Crippen molar-refractivity contribution in [2.24, 2.45) is 0 Å². The lowest BCUT2D eigenvalue weighted by Gasteiger charge is -2.15. The third kappa shape index (κ3) is 3.23. The van der Waals surface area contributed by atoms with Crippen molar-refractivity contribution in [2.45, 2.75) is 16.6 Å². The van der Waals surface area contributed by atoms with Gasteiger partial charge < -0.3 is 0 Å². The molecule has 0 aliphatic carbocycles. The molecule has 7 heteroatoms. The number of amides is 2. The van der Waals surface area contributed by atoms with Crippen molar-refractivity contribution in [1.82, 2.24) is 0 Å². The van der Waals surface area contributed by atoms with Gasteiger partial charge in [0, 0.05) is 22.4 Å².